The van der Waals surface area contributed by atoms with Gasteiger partial charge in [-0.05, 0) is 29.8 Å². The number of ketones is 1. The molecule has 1 amide bonds. The Morgan fingerprint density at radius 1 is 1.22 bits per heavy atom. The van der Waals surface area contributed by atoms with E-state index in [0.717, 1.165) is 5.56 Å². The number of carbonyl (C=O) groups excluding carboxylic acids is 2. The Hall–Kier alpha value is -2.43. The maximum atomic E-state index is 12.2. The number of nitrogens with one attached hydrogen (secondary N) is 1. The molecule has 5 heteroatoms. The summed E-state index contributed by atoms with van der Waals surface area (Å²) >= 11 is 5.93. The molecule has 0 bridgehead atoms. The van der Waals surface area contributed by atoms with Crippen LogP contribution in [0.5, 0.6) is 0 Å². The first-order chi connectivity index (χ1) is 11.0. The van der Waals surface area contributed by atoms with Gasteiger partial charge in [-0.3, -0.25) is 9.59 Å². The van der Waals surface area contributed by atoms with Gasteiger partial charge in [0.1, 0.15) is 0 Å². The van der Waals surface area contributed by atoms with E-state index in [1.807, 2.05) is 30.3 Å². The van der Waals surface area contributed by atoms with Crippen LogP contribution in [0.3, 0.4) is 0 Å². The smallest absolute Gasteiger partial charge is 0.261 e. The summed E-state index contributed by atoms with van der Waals surface area (Å²) in [5.41, 5.74) is -0.219. The van der Waals surface area contributed by atoms with Crippen LogP contribution in [0.15, 0.2) is 54.6 Å². The summed E-state index contributed by atoms with van der Waals surface area (Å²) in [6.45, 7) is 0. The van der Waals surface area contributed by atoms with Gasteiger partial charge in [-0.15, -0.1) is 0 Å². The molecule has 0 aliphatic carbocycles. The summed E-state index contributed by atoms with van der Waals surface area (Å²) < 4.78 is 0. The number of amides is 1. The Morgan fingerprint density at radius 3 is 2.70 bits per heavy atom. The maximum absolute atomic E-state index is 12.2. The van der Waals surface area contributed by atoms with Gasteiger partial charge in [-0.2, -0.15) is 0 Å². The van der Waals surface area contributed by atoms with Crippen molar-refractivity contribution < 1.29 is 14.7 Å². The molecule has 2 aromatic rings. The summed E-state index contributed by atoms with van der Waals surface area (Å²) in [5, 5.41) is 13.6. The van der Waals surface area contributed by atoms with Crippen molar-refractivity contribution in [2.45, 2.75) is 12.0 Å². The quantitative estimate of drug-likeness (QED) is 0.848. The van der Waals surface area contributed by atoms with Crippen LogP contribution in [0.2, 0.25) is 5.02 Å². The lowest BCUT2D eigenvalue weighted by Gasteiger charge is -2.19. The van der Waals surface area contributed by atoms with Crippen LogP contribution in [-0.2, 0) is 15.2 Å². The number of carbonyl (C=O) groups is 2. The third-order valence-corrected chi connectivity index (χ3v) is 3.98. The first kappa shape index (κ1) is 15.5. The molecule has 0 saturated carbocycles. The number of halogens is 1. The molecule has 0 saturated heterocycles. The van der Waals surface area contributed by atoms with Crippen molar-refractivity contribution in [3.05, 3.63) is 70.8 Å². The zero-order chi connectivity index (χ0) is 16.4. The van der Waals surface area contributed by atoms with Crippen LogP contribution in [0.25, 0.3) is 6.08 Å². The Bertz CT molecular complexity index is 801. The van der Waals surface area contributed by atoms with Gasteiger partial charge in [0.2, 0.25) is 0 Å². The van der Waals surface area contributed by atoms with E-state index in [4.69, 9.17) is 11.6 Å². The number of benzene rings is 2. The fourth-order valence-electron chi connectivity index (χ4n) is 2.56. The van der Waals surface area contributed by atoms with Crippen molar-refractivity contribution in [1.82, 2.24) is 0 Å². The molecule has 1 heterocycles. The Labute approximate surface area is 138 Å². The largest absolute Gasteiger partial charge is 0.375 e. The summed E-state index contributed by atoms with van der Waals surface area (Å²) in [6, 6.07) is 14.0. The van der Waals surface area contributed by atoms with Gasteiger partial charge in [-0.1, -0.05) is 48.0 Å². The Morgan fingerprint density at radius 2 is 1.96 bits per heavy atom. The lowest BCUT2D eigenvalue weighted by Crippen LogP contribution is -2.36. The van der Waals surface area contributed by atoms with Crippen molar-refractivity contribution in [1.29, 1.82) is 0 Å². The van der Waals surface area contributed by atoms with E-state index in [0.29, 0.717) is 16.3 Å². The monoisotopic (exact) mass is 327 g/mol. The average Bonchev–Trinajstić information content (AvgIpc) is 2.78. The summed E-state index contributed by atoms with van der Waals surface area (Å²) in [7, 11) is 0. The van der Waals surface area contributed by atoms with E-state index in [-0.39, 0.29) is 12.2 Å². The van der Waals surface area contributed by atoms with Crippen LogP contribution in [0, 0.1) is 0 Å². The topological polar surface area (TPSA) is 66.4 Å². The van der Waals surface area contributed by atoms with Crippen molar-refractivity contribution >= 4 is 35.1 Å². The first-order valence-electron chi connectivity index (χ1n) is 7.09. The second-order valence-electron chi connectivity index (χ2n) is 5.39. The van der Waals surface area contributed by atoms with Crippen molar-refractivity contribution in [2.24, 2.45) is 0 Å². The van der Waals surface area contributed by atoms with Crippen LogP contribution < -0.4 is 5.32 Å². The molecular weight excluding hydrogens is 314 g/mol. The molecule has 0 aromatic heterocycles. The van der Waals surface area contributed by atoms with Gasteiger partial charge in [0.25, 0.3) is 5.91 Å². The highest BCUT2D eigenvalue weighted by atomic mass is 35.5. The highest BCUT2D eigenvalue weighted by Crippen LogP contribution is 2.39. The second-order valence-corrected chi connectivity index (χ2v) is 5.83. The summed E-state index contributed by atoms with van der Waals surface area (Å²) in [5.74, 6) is -0.962. The van der Waals surface area contributed by atoms with E-state index >= 15 is 0 Å². The fourth-order valence-corrected chi connectivity index (χ4v) is 2.73. The van der Waals surface area contributed by atoms with Crippen LogP contribution in [0.1, 0.15) is 17.5 Å². The summed E-state index contributed by atoms with van der Waals surface area (Å²) in [4.78, 5) is 24.3. The minimum Gasteiger partial charge on any atom is -0.375 e. The number of fused-ring (bicyclic) bond motifs is 1. The van der Waals surface area contributed by atoms with E-state index < -0.39 is 11.5 Å². The molecule has 2 N–H and O–H groups in total. The Kier molecular flexibility index (Phi) is 4.03. The standard InChI is InChI=1S/C18H14ClNO3/c19-13-7-9-16-15(10-13)18(23,17(22)20-16)11-14(21)8-6-12-4-2-1-3-5-12/h1-10,23H,11H2,(H,20,22). The lowest BCUT2D eigenvalue weighted by atomic mass is 9.89. The zero-order valence-corrected chi connectivity index (χ0v) is 12.9. The predicted molar refractivity (Wildman–Crippen MR) is 89.1 cm³/mol. The number of anilines is 1. The molecule has 0 radical (unpaired) electrons. The average molecular weight is 328 g/mol. The number of hydrogen-bond acceptors (Lipinski definition) is 3. The normalized spacial score (nSPS) is 19.7. The van der Waals surface area contributed by atoms with Crippen LogP contribution in [-0.4, -0.2) is 16.8 Å². The molecule has 1 aliphatic rings. The third kappa shape index (κ3) is 3.04. The van der Waals surface area contributed by atoms with E-state index in [2.05, 4.69) is 5.32 Å². The number of allylic oxidation sites excluding steroid dienone is 1. The zero-order valence-electron chi connectivity index (χ0n) is 12.1. The number of rotatable bonds is 4. The molecular formula is C18H14ClNO3. The molecule has 1 atom stereocenters. The minimum atomic E-state index is -1.89. The predicted octanol–water partition coefficient (Wildman–Crippen LogP) is 3.15. The van der Waals surface area contributed by atoms with Crippen LogP contribution >= 0.6 is 11.6 Å². The Balaban J connectivity index is 1.82. The molecule has 4 nitrogen and oxygen atoms in total. The van der Waals surface area contributed by atoms with E-state index in [1.54, 1.807) is 18.2 Å². The van der Waals surface area contributed by atoms with Gasteiger partial charge in [-0.25, -0.2) is 0 Å². The minimum absolute atomic E-state index is 0.330. The molecule has 3 rings (SSSR count). The third-order valence-electron chi connectivity index (χ3n) is 3.74. The molecule has 1 unspecified atom stereocenters. The number of hydrogen-bond donors (Lipinski definition) is 2. The van der Waals surface area contributed by atoms with E-state index in [9.17, 15) is 14.7 Å². The summed E-state index contributed by atoms with van der Waals surface area (Å²) in [6.07, 6.45) is 2.68. The molecule has 1 aliphatic heterocycles. The van der Waals surface area contributed by atoms with E-state index in [1.165, 1.54) is 12.1 Å². The van der Waals surface area contributed by atoms with Gasteiger partial charge in [0.15, 0.2) is 11.4 Å². The SMILES string of the molecule is O=C(C=Cc1ccccc1)CC1(O)C(=O)Nc2ccc(Cl)cc21. The lowest BCUT2D eigenvalue weighted by molar-refractivity contribution is -0.138. The maximum Gasteiger partial charge on any atom is 0.261 e. The molecule has 0 fully saturated rings. The van der Waals surface area contributed by atoms with Gasteiger partial charge in [0, 0.05) is 16.3 Å². The number of aliphatic hydroxyl groups is 1. The van der Waals surface area contributed by atoms with Crippen LogP contribution in [0.4, 0.5) is 5.69 Å². The first-order valence-corrected chi connectivity index (χ1v) is 7.47. The molecule has 23 heavy (non-hydrogen) atoms. The highest BCUT2D eigenvalue weighted by molar-refractivity contribution is 6.31. The van der Waals surface area contributed by atoms with Gasteiger partial charge < -0.3 is 10.4 Å². The second kappa shape index (κ2) is 5.99. The van der Waals surface area contributed by atoms with Crippen molar-refractivity contribution in [2.75, 3.05) is 5.32 Å². The van der Waals surface area contributed by atoms with Crippen molar-refractivity contribution in [3.63, 3.8) is 0 Å². The molecule has 116 valence electrons. The van der Waals surface area contributed by atoms with Crippen molar-refractivity contribution in [3.8, 4) is 0 Å². The fraction of sp³-hybridized carbons (Fsp3) is 0.111. The molecule has 2 aromatic carbocycles. The van der Waals surface area contributed by atoms with Gasteiger partial charge >= 0.3 is 0 Å². The molecule has 0 spiro atoms. The van der Waals surface area contributed by atoms with Gasteiger partial charge in [0.05, 0.1) is 6.42 Å². The highest BCUT2D eigenvalue weighted by Gasteiger charge is 2.46.